The largest absolute Gasteiger partial charge is 0.449 e. The van der Waals surface area contributed by atoms with Crippen molar-refractivity contribution in [3.05, 3.63) is 0 Å². The minimum atomic E-state index is -0.264. The van der Waals surface area contributed by atoms with Crippen LogP contribution in [-0.4, -0.2) is 66.4 Å². The van der Waals surface area contributed by atoms with Gasteiger partial charge in [0, 0.05) is 26.2 Å². The smallest absolute Gasteiger partial charge is 0.409 e. The Hall–Kier alpha value is -0.810. The van der Waals surface area contributed by atoms with Crippen molar-refractivity contribution in [2.75, 3.05) is 39.3 Å². The van der Waals surface area contributed by atoms with E-state index >= 15 is 0 Å². The van der Waals surface area contributed by atoms with Crippen LogP contribution in [0.1, 0.15) is 33.6 Å². The Morgan fingerprint density at radius 2 is 2.00 bits per heavy atom. The first-order valence-electron chi connectivity index (χ1n) is 7.35. The Morgan fingerprint density at radius 1 is 1.26 bits per heavy atom. The van der Waals surface area contributed by atoms with Gasteiger partial charge in [0.05, 0.1) is 12.7 Å². The molecule has 1 fully saturated rings. The summed E-state index contributed by atoms with van der Waals surface area (Å²) in [5.41, 5.74) is 0. The number of hydrogen-bond acceptors (Lipinski definition) is 4. The first kappa shape index (κ1) is 16.2. The minimum Gasteiger partial charge on any atom is -0.449 e. The highest BCUT2D eigenvalue weighted by atomic mass is 16.6. The van der Waals surface area contributed by atoms with Crippen molar-refractivity contribution in [3.63, 3.8) is 0 Å². The van der Waals surface area contributed by atoms with E-state index in [1.54, 1.807) is 4.90 Å². The zero-order valence-corrected chi connectivity index (χ0v) is 12.5. The standard InChI is InChI=1S/C14H28N2O3/c1-4-13(17)10-15-6-5-7-16(9-8-15)14(18)19-11-12(2)3/h12-13,17H,4-11H2,1-3H3. The highest BCUT2D eigenvalue weighted by Gasteiger charge is 2.21. The predicted octanol–water partition coefficient (Wildman–Crippen LogP) is 1.56. The Balaban J connectivity index is 2.34. The van der Waals surface area contributed by atoms with Crippen molar-refractivity contribution in [1.82, 2.24) is 9.80 Å². The lowest BCUT2D eigenvalue weighted by molar-refractivity contribution is 0.0901. The molecule has 0 saturated carbocycles. The van der Waals surface area contributed by atoms with Crippen LogP contribution in [-0.2, 0) is 4.74 Å². The molecule has 1 N–H and O–H groups in total. The van der Waals surface area contributed by atoms with E-state index < -0.39 is 0 Å². The third-order valence-corrected chi connectivity index (χ3v) is 3.33. The number of carbonyl (C=O) groups is 1. The monoisotopic (exact) mass is 272 g/mol. The predicted molar refractivity (Wildman–Crippen MR) is 75.1 cm³/mol. The van der Waals surface area contributed by atoms with E-state index in [0.29, 0.717) is 25.6 Å². The molecule has 5 heteroatoms. The number of rotatable bonds is 5. The molecule has 1 aliphatic rings. The number of aliphatic hydroxyl groups is 1. The molecular formula is C14H28N2O3. The summed E-state index contributed by atoms with van der Waals surface area (Å²) in [7, 11) is 0. The first-order chi connectivity index (χ1) is 9.02. The van der Waals surface area contributed by atoms with Crippen LogP contribution in [0, 0.1) is 5.92 Å². The fraction of sp³-hybridized carbons (Fsp3) is 0.929. The maximum absolute atomic E-state index is 11.9. The van der Waals surface area contributed by atoms with E-state index in [-0.39, 0.29) is 12.2 Å². The number of hydrogen-bond donors (Lipinski definition) is 1. The van der Waals surface area contributed by atoms with Gasteiger partial charge in [0.25, 0.3) is 0 Å². The third-order valence-electron chi connectivity index (χ3n) is 3.33. The quantitative estimate of drug-likeness (QED) is 0.825. The van der Waals surface area contributed by atoms with Crippen molar-refractivity contribution in [3.8, 4) is 0 Å². The molecule has 0 bridgehead atoms. The molecule has 0 radical (unpaired) electrons. The summed E-state index contributed by atoms with van der Waals surface area (Å²) in [6, 6.07) is 0. The van der Waals surface area contributed by atoms with E-state index in [1.807, 2.05) is 20.8 Å². The molecule has 0 aromatic heterocycles. The number of amides is 1. The second kappa shape index (κ2) is 8.38. The molecule has 1 atom stereocenters. The average Bonchev–Trinajstić information content (AvgIpc) is 2.61. The van der Waals surface area contributed by atoms with Crippen molar-refractivity contribution >= 4 is 6.09 Å². The van der Waals surface area contributed by atoms with Crippen LogP contribution < -0.4 is 0 Å². The van der Waals surface area contributed by atoms with Gasteiger partial charge in [-0.2, -0.15) is 0 Å². The molecule has 1 saturated heterocycles. The molecule has 0 aromatic carbocycles. The summed E-state index contributed by atoms with van der Waals surface area (Å²) in [5.74, 6) is 0.368. The van der Waals surface area contributed by atoms with Gasteiger partial charge >= 0.3 is 6.09 Å². The maximum Gasteiger partial charge on any atom is 0.409 e. The maximum atomic E-state index is 11.9. The van der Waals surface area contributed by atoms with Crippen molar-refractivity contribution in [1.29, 1.82) is 0 Å². The summed E-state index contributed by atoms with van der Waals surface area (Å²) in [6.07, 6.45) is 1.25. The van der Waals surface area contributed by atoms with Gasteiger partial charge in [-0.1, -0.05) is 20.8 Å². The van der Waals surface area contributed by atoms with Gasteiger partial charge in [0.15, 0.2) is 0 Å². The number of nitrogens with zero attached hydrogens (tertiary/aromatic N) is 2. The van der Waals surface area contributed by atoms with Crippen molar-refractivity contribution in [2.45, 2.75) is 39.7 Å². The number of β-amino-alcohol motifs (C(OH)–C–C–N with tert-alkyl or cyclic N) is 1. The van der Waals surface area contributed by atoms with Gasteiger partial charge in [-0.15, -0.1) is 0 Å². The van der Waals surface area contributed by atoms with E-state index in [0.717, 1.165) is 32.5 Å². The van der Waals surface area contributed by atoms with Crippen LogP contribution >= 0.6 is 0 Å². The topological polar surface area (TPSA) is 53.0 Å². The zero-order valence-electron chi connectivity index (χ0n) is 12.5. The van der Waals surface area contributed by atoms with E-state index in [4.69, 9.17) is 4.74 Å². The fourth-order valence-corrected chi connectivity index (χ4v) is 2.09. The highest BCUT2D eigenvalue weighted by Crippen LogP contribution is 2.07. The Labute approximate surface area is 116 Å². The second-order valence-corrected chi connectivity index (χ2v) is 5.67. The molecule has 112 valence electrons. The summed E-state index contributed by atoms with van der Waals surface area (Å²) in [6.45, 7) is 10.4. The van der Waals surface area contributed by atoms with Crippen LogP contribution in [0.2, 0.25) is 0 Å². The number of ether oxygens (including phenoxy) is 1. The van der Waals surface area contributed by atoms with E-state index in [1.165, 1.54) is 0 Å². The fourth-order valence-electron chi connectivity index (χ4n) is 2.09. The molecule has 0 aromatic rings. The number of carbonyl (C=O) groups excluding carboxylic acids is 1. The van der Waals surface area contributed by atoms with Crippen LogP contribution in [0.3, 0.4) is 0 Å². The summed E-state index contributed by atoms with van der Waals surface area (Å²) < 4.78 is 5.26. The molecule has 0 aliphatic carbocycles. The van der Waals surface area contributed by atoms with Crippen LogP contribution in [0.15, 0.2) is 0 Å². The molecular weight excluding hydrogens is 244 g/mol. The molecule has 0 spiro atoms. The Kier molecular flexibility index (Phi) is 7.16. The molecule has 5 nitrogen and oxygen atoms in total. The van der Waals surface area contributed by atoms with Crippen LogP contribution in [0.25, 0.3) is 0 Å². The van der Waals surface area contributed by atoms with Crippen molar-refractivity contribution < 1.29 is 14.6 Å². The van der Waals surface area contributed by atoms with Gasteiger partial charge in [0.1, 0.15) is 0 Å². The minimum absolute atomic E-state index is 0.202. The molecule has 1 aliphatic heterocycles. The van der Waals surface area contributed by atoms with Gasteiger partial charge < -0.3 is 14.7 Å². The first-order valence-corrected chi connectivity index (χ1v) is 7.35. The van der Waals surface area contributed by atoms with Gasteiger partial charge in [-0.3, -0.25) is 4.90 Å². The van der Waals surface area contributed by atoms with E-state index in [9.17, 15) is 9.90 Å². The number of aliphatic hydroxyl groups excluding tert-OH is 1. The Bertz CT molecular complexity index is 271. The normalized spacial score (nSPS) is 19.3. The highest BCUT2D eigenvalue weighted by molar-refractivity contribution is 5.67. The van der Waals surface area contributed by atoms with Crippen molar-refractivity contribution in [2.24, 2.45) is 5.92 Å². The molecule has 1 amide bonds. The summed E-state index contributed by atoms with van der Waals surface area (Å²) >= 11 is 0. The molecule has 1 rings (SSSR count). The van der Waals surface area contributed by atoms with Gasteiger partial charge in [-0.25, -0.2) is 4.79 Å². The summed E-state index contributed by atoms with van der Waals surface area (Å²) in [5, 5.41) is 9.68. The molecule has 1 unspecified atom stereocenters. The lowest BCUT2D eigenvalue weighted by Gasteiger charge is -2.23. The third kappa shape index (κ3) is 6.25. The molecule has 1 heterocycles. The van der Waals surface area contributed by atoms with Gasteiger partial charge in [0.2, 0.25) is 0 Å². The SMILES string of the molecule is CCC(O)CN1CCCN(C(=O)OCC(C)C)CC1. The summed E-state index contributed by atoms with van der Waals surface area (Å²) in [4.78, 5) is 15.9. The average molecular weight is 272 g/mol. The van der Waals surface area contributed by atoms with Crippen LogP contribution in [0.4, 0.5) is 4.79 Å². The molecule has 19 heavy (non-hydrogen) atoms. The lowest BCUT2D eigenvalue weighted by Crippen LogP contribution is -2.38. The lowest BCUT2D eigenvalue weighted by atomic mass is 10.2. The van der Waals surface area contributed by atoms with E-state index in [2.05, 4.69) is 4.90 Å². The Morgan fingerprint density at radius 3 is 2.63 bits per heavy atom. The second-order valence-electron chi connectivity index (χ2n) is 5.67. The van der Waals surface area contributed by atoms with Gasteiger partial charge in [-0.05, 0) is 25.3 Å². The van der Waals surface area contributed by atoms with Crippen LogP contribution in [0.5, 0.6) is 0 Å². The zero-order chi connectivity index (χ0) is 14.3.